The zero-order valence-corrected chi connectivity index (χ0v) is 14.3. The Balaban J connectivity index is 1.80. The monoisotopic (exact) mass is 325 g/mol. The van der Waals surface area contributed by atoms with Crippen LogP contribution in [-0.2, 0) is 5.72 Å². The molecule has 2 aromatic rings. The highest BCUT2D eigenvalue weighted by Crippen LogP contribution is 2.38. The number of aryl methyl sites for hydroxylation is 2. The first kappa shape index (κ1) is 14.8. The van der Waals surface area contributed by atoms with Gasteiger partial charge in [0.25, 0.3) is 5.72 Å². The zero-order valence-electron chi connectivity index (χ0n) is 13.5. The van der Waals surface area contributed by atoms with E-state index in [0.717, 1.165) is 17.9 Å². The number of thioether (sulfide) groups is 1. The molecule has 0 bridgehead atoms. The fourth-order valence-corrected chi connectivity index (χ4v) is 4.64. The summed E-state index contributed by atoms with van der Waals surface area (Å²) < 4.78 is 2.16. The van der Waals surface area contributed by atoms with Crippen LogP contribution in [0.1, 0.15) is 16.7 Å². The van der Waals surface area contributed by atoms with E-state index in [0.29, 0.717) is 6.54 Å². The maximum atomic E-state index is 11.5. The molecule has 4 rings (SSSR count). The molecular formula is C19H21N2OS+. The SMILES string of the molecule is Cc1ccc([C@@]2(O)CN(c3ccccc3C)C3=[N+]2CCS3)cc1. The first-order valence-electron chi connectivity index (χ1n) is 8.00. The third-order valence-corrected chi connectivity index (χ3v) is 5.84. The number of hydrogen-bond donors (Lipinski definition) is 1. The summed E-state index contributed by atoms with van der Waals surface area (Å²) in [5.74, 6) is 1.02. The second-order valence-electron chi connectivity index (χ2n) is 6.34. The van der Waals surface area contributed by atoms with Crippen LogP contribution in [0, 0.1) is 13.8 Å². The molecule has 2 aliphatic rings. The number of amidine groups is 1. The summed E-state index contributed by atoms with van der Waals surface area (Å²) in [5.41, 5.74) is 3.66. The van der Waals surface area contributed by atoms with Gasteiger partial charge < -0.3 is 5.11 Å². The van der Waals surface area contributed by atoms with E-state index in [9.17, 15) is 5.11 Å². The number of nitrogens with zero attached hydrogens (tertiary/aromatic N) is 2. The maximum Gasteiger partial charge on any atom is 0.316 e. The molecule has 0 fully saturated rings. The number of rotatable bonds is 2. The molecule has 1 N–H and O–H groups in total. The van der Waals surface area contributed by atoms with Gasteiger partial charge in [-0.2, -0.15) is 0 Å². The Morgan fingerprint density at radius 1 is 1.09 bits per heavy atom. The molecule has 0 unspecified atom stereocenters. The van der Waals surface area contributed by atoms with Gasteiger partial charge in [-0.15, -0.1) is 0 Å². The molecule has 0 aromatic heterocycles. The van der Waals surface area contributed by atoms with Crippen LogP contribution in [0.3, 0.4) is 0 Å². The van der Waals surface area contributed by atoms with Gasteiger partial charge in [-0.05, 0) is 37.2 Å². The summed E-state index contributed by atoms with van der Waals surface area (Å²) in [7, 11) is 0. The number of para-hydroxylation sites is 1. The molecule has 0 spiro atoms. The van der Waals surface area contributed by atoms with Crippen molar-refractivity contribution in [2.75, 3.05) is 23.7 Å². The van der Waals surface area contributed by atoms with Crippen LogP contribution in [0.15, 0.2) is 48.5 Å². The van der Waals surface area contributed by atoms with E-state index in [1.165, 1.54) is 22.0 Å². The summed E-state index contributed by atoms with van der Waals surface area (Å²) in [5, 5.41) is 12.7. The van der Waals surface area contributed by atoms with Crippen LogP contribution >= 0.6 is 11.8 Å². The molecule has 0 saturated heterocycles. The number of benzene rings is 2. The number of aliphatic hydroxyl groups is 1. The van der Waals surface area contributed by atoms with Gasteiger partial charge in [-0.1, -0.05) is 48.0 Å². The largest absolute Gasteiger partial charge is 0.346 e. The lowest BCUT2D eigenvalue weighted by Crippen LogP contribution is -2.41. The third kappa shape index (κ3) is 2.28. The van der Waals surface area contributed by atoms with E-state index in [1.54, 1.807) is 0 Å². The molecule has 2 aliphatic heterocycles. The van der Waals surface area contributed by atoms with Crippen molar-refractivity contribution < 1.29 is 9.68 Å². The lowest BCUT2D eigenvalue weighted by atomic mass is 10.0. The second kappa shape index (κ2) is 5.39. The van der Waals surface area contributed by atoms with Crippen LogP contribution in [0.2, 0.25) is 0 Å². The average Bonchev–Trinajstić information content (AvgIpc) is 3.13. The molecule has 0 amide bonds. The van der Waals surface area contributed by atoms with Crippen molar-refractivity contribution in [1.29, 1.82) is 0 Å². The van der Waals surface area contributed by atoms with Crippen LogP contribution in [0.4, 0.5) is 5.69 Å². The van der Waals surface area contributed by atoms with Crippen molar-refractivity contribution in [3.8, 4) is 0 Å². The van der Waals surface area contributed by atoms with Gasteiger partial charge in [0.1, 0.15) is 5.69 Å². The minimum Gasteiger partial charge on any atom is -0.346 e. The highest BCUT2D eigenvalue weighted by molar-refractivity contribution is 8.14. The minimum absolute atomic E-state index is 0.573. The van der Waals surface area contributed by atoms with E-state index >= 15 is 0 Å². The van der Waals surface area contributed by atoms with Crippen LogP contribution in [-0.4, -0.2) is 33.7 Å². The van der Waals surface area contributed by atoms with E-state index in [-0.39, 0.29) is 0 Å². The first-order chi connectivity index (χ1) is 11.1. The smallest absolute Gasteiger partial charge is 0.316 e. The molecule has 0 aliphatic carbocycles. The highest BCUT2D eigenvalue weighted by Gasteiger charge is 2.54. The summed E-state index contributed by atoms with van der Waals surface area (Å²) in [4.78, 5) is 2.27. The van der Waals surface area contributed by atoms with Crippen LogP contribution in [0.25, 0.3) is 0 Å². The van der Waals surface area contributed by atoms with Gasteiger partial charge in [0.2, 0.25) is 0 Å². The van der Waals surface area contributed by atoms with Crippen molar-refractivity contribution in [1.82, 2.24) is 0 Å². The summed E-state index contributed by atoms with van der Waals surface area (Å²) in [6, 6.07) is 16.7. The van der Waals surface area contributed by atoms with Crippen molar-refractivity contribution in [3.63, 3.8) is 0 Å². The quantitative estimate of drug-likeness (QED) is 0.860. The third-order valence-electron chi connectivity index (χ3n) is 4.75. The van der Waals surface area contributed by atoms with E-state index in [2.05, 4.69) is 71.9 Å². The number of hydrogen-bond acceptors (Lipinski definition) is 3. The van der Waals surface area contributed by atoms with Crippen LogP contribution < -0.4 is 4.90 Å². The molecule has 0 saturated carbocycles. The summed E-state index contributed by atoms with van der Waals surface area (Å²) >= 11 is 1.83. The minimum atomic E-state index is -0.950. The van der Waals surface area contributed by atoms with Crippen molar-refractivity contribution in [2.24, 2.45) is 0 Å². The maximum absolute atomic E-state index is 11.5. The molecule has 2 heterocycles. The van der Waals surface area contributed by atoms with Gasteiger partial charge in [0.15, 0.2) is 6.54 Å². The van der Waals surface area contributed by atoms with Crippen molar-refractivity contribution in [3.05, 3.63) is 65.2 Å². The van der Waals surface area contributed by atoms with Gasteiger partial charge >= 0.3 is 5.17 Å². The average molecular weight is 325 g/mol. The first-order valence-corrected chi connectivity index (χ1v) is 8.98. The van der Waals surface area contributed by atoms with E-state index in [1.807, 2.05) is 11.8 Å². The normalized spacial score (nSPS) is 23.5. The zero-order chi connectivity index (χ0) is 16.0. The molecule has 1 atom stereocenters. The molecular weight excluding hydrogens is 304 g/mol. The van der Waals surface area contributed by atoms with Crippen molar-refractivity contribution >= 4 is 22.6 Å². The lowest BCUT2D eigenvalue weighted by Gasteiger charge is -2.23. The Morgan fingerprint density at radius 2 is 1.83 bits per heavy atom. The topological polar surface area (TPSA) is 26.5 Å². The Labute approximate surface area is 141 Å². The predicted molar refractivity (Wildman–Crippen MR) is 96.2 cm³/mol. The van der Waals surface area contributed by atoms with Gasteiger partial charge in [-0.25, -0.2) is 9.48 Å². The fraction of sp³-hybridized carbons (Fsp3) is 0.316. The fourth-order valence-electron chi connectivity index (χ4n) is 3.46. The highest BCUT2D eigenvalue weighted by atomic mass is 32.2. The molecule has 118 valence electrons. The Morgan fingerprint density at radius 3 is 2.57 bits per heavy atom. The van der Waals surface area contributed by atoms with E-state index in [4.69, 9.17) is 0 Å². The van der Waals surface area contributed by atoms with E-state index < -0.39 is 5.72 Å². The predicted octanol–water partition coefficient (Wildman–Crippen LogP) is 3.08. The molecule has 4 heteroatoms. The van der Waals surface area contributed by atoms with Crippen LogP contribution in [0.5, 0.6) is 0 Å². The van der Waals surface area contributed by atoms with Gasteiger partial charge in [0.05, 0.1) is 6.54 Å². The Hall–Kier alpha value is -1.78. The molecule has 2 aromatic carbocycles. The molecule has 0 radical (unpaired) electrons. The molecule has 23 heavy (non-hydrogen) atoms. The Kier molecular flexibility index (Phi) is 3.47. The summed E-state index contributed by atoms with van der Waals surface area (Å²) in [6.45, 7) is 5.66. The number of anilines is 1. The van der Waals surface area contributed by atoms with Gasteiger partial charge in [-0.3, -0.25) is 0 Å². The van der Waals surface area contributed by atoms with Gasteiger partial charge in [0, 0.05) is 11.3 Å². The lowest BCUT2D eigenvalue weighted by molar-refractivity contribution is -0.650. The summed E-state index contributed by atoms with van der Waals surface area (Å²) in [6.07, 6.45) is 0. The van der Waals surface area contributed by atoms with Crippen molar-refractivity contribution in [2.45, 2.75) is 19.6 Å². The second-order valence-corrected chi connectivity index (χ2v) is 7.40. The molecule has 3 nitrogen and oxygen atoms in total. The Bertz CT molecular complexity index is 784. The number of β-amino-alcohol motifs (C(OH)–C–C–N with tert-alkyl or cyclic N) is 1. The standard InChI is InChI=1S/C19H21N2OS/c1-14-7-9-16(10-8-14)19(22)13-20(18-21(19)11-12-23-18)17-6-4-3-5-15(17)2/h3-10,22H,11-13H2,1-2H3/q+1/t19-/m0/s1.